The van der Waals surface area contributed by atoms with Crippen molar-refractivity contribution < 1.29 is 33.3 Å². The third-order valence-corrected chi connectivity index (χ3v) is 2.83. The van der Waals surface area contributed by atoms with E-state index in [4.69, 9.17) is 9.47 Å². The minimum Gasteiger partial charge on any atom is -0.497 e. The quantitative estimate of drug-likeness (QED) is 0.545. The Kier molecular flexibility index (Phi) is 6.88. The summed E-state index contributed by atoms with van der Waals surface area (Å²) in [5.74, 6) is -1.47. The van der Waals surface area contributed by atoms with Gasteiger partial charge in [-0.3, -0.25) is 9.59 Å². The normalized spacial score (nSPS) is 11.2. The van der Waals surface area contributed by atoms with Crippen LogP contribution in [0.5, 0.6) is 5.75 Å². The van der Waals surface area contributed by atoms with E-state index in [-0.39, 0.29) is 6.42 Å². The summed E-state index contributed by atoms with van der Waals surface area (Å²) < 4.78 is 19.0. The van der Waals surface area contributed by atoms with E-state index >= 15 is 0 Å². The topological polar surface area (TPSA) is 88.1 Å². The van der Waals surface area contributed by atoms with Crippen LogP contribution in [-0.4, -0.2) is 45.3 Å². The first-order valence-corrected chi connectivity index (χ1v) is 6.47. The third kappa shape index (κ3) is 5.43. The predicted molar refractivity (Wildman–Crippen MR) is 75.2 cm³/mol. The largest absolute Gasteiger partial charge is 0.497 e. The highest BCUT2D eigenvalue weighted by atomic mass is 16.6. The zero-order valence-electron chi connectivity index (χ0n) is 12.7. The van der Waals surface area contributed by atoms with Gasteiger partial charge in [-0.1, -0.05) is 12.1 Å². The van der Waals surface area contributed by atoms with Gasteiger partial charge in [0.05, 0.1) is 34.2 Å². The van der Waals surface area contributed by atoms with Gasteiger partial charge in [0.1, 0.15) is 5.75 Å². The molecule has 0 aliphatic heterocycles. The highest BCUT2D eigenvalue weighted by Crippen LogP contribution is 2.13. The molecule has 1 atom stereocenters. The zero-order chi connectivity index (χ0) is 16.5. The van der Waals surface area contributed by atoms with Crippen molar-refractivity contribution in [2.75, 3.05) is 21.3 Å². The minimum absolute atomic E-state index is 0.0430. The van der Waals surface area contributed by atoms with Crippen molar-refractivity contribution >= 4 is 17.9 Å². The second kappa shape index (κ2) is 8.66. The predicted octanol–water partition coefficient (Wildman–Crippen LogP) is 0.886. The lowest BCUT2D eigenvalue weighted by Gasteiger charge is -2.14. The van der Waals surface area contributed by atoms with Crippen LogP contribution in [0.2, 0.25) is 0 Å². The first-order valence-electron chi connectivity index (χ1n) is 6.47. The first-order chi connectivity index (χ1) is 10.5. The van der Waals surface area contributed by atoms with Crippen molar-refractivity contribution in [1.82, 2.24) is 0 Å². The summed E-state index contributed by atoms with van der Waals surface area (Å²) in [6.07, 6.45) is -1.75. The number of carbonyl (C=O) groups is 3. The molecule has 0 bridgehead atoms. The van der Waals surface area contributed by atoms with Gasteiger partial charge in [-0.25, -0.2) is 4.79 Å². The Morgan fingerprint density at radius 3 is 2.09 bits per heavy atom. The van der Waals surface area contributed by atoms with E-state index < -0.39 is 30.4 Å². The summed E-state index contributed by atoms with van der Waals surface area (Å²) in [6, 6.07) is 6.81. The molecule has 0 heterocycles. The van der Waals surface area contributed by atoms with Crippen LogP contribution in [0.1, 0.15) is 12.0 Å². The fraction of sp³-hybridized carbons (Fsp3) is 0.400. The van der Waals surface area contributed by atoms with E-state index in [1.807, 2.05) is 0 Å². The molecule has 7 heteroatoms. The summed E-state index contributed by atoms with van der Waals surface area (Å²) in [5, 5.41) is 0. The fourth-order valence-corrected chi connectivity index (χ4v) is 1.65. The number of carbonyl (C=O) groups excluding carboxylic acids is 3. The summed E-state index contributed by atoms with van der Waals surface area (Å²) in [5.41, 5.74) is 0.687. The Morgan fingerprint density at radius 2 is 1.59 bits per heavy atom. The van der Waals surface area contributed by atoms with E-state index in [0.717, 1.165) is 7.11 Å². The molecule has 1 aromatic carbocycles. The lowest BCUT2D eigenvalue weighted by Crippen LogP contribution is -2.31. The highest BCUT2D eigenvalue weighted by Gasteiger charge is 2.27. The van der Waals surface area contributed by atoms with E-state index in [9.17, 15) is 14.4 Å². The molecule has 0 aromatic heterocycles. The van der Waals surface area contributed by atoms with Crippen molar-refractivity contribution in [3.8, 4) is 5.75 Å². The molecule has 7 nitrogen and oxygen atoms in total. The number of rotatable bonds is 7. The van der Waals surface area contributed by atoms with Crippen molar-refractivity contribution in [2.24, 2.45) is 0 Å². The van der Waals surface area contributed by atoms with Crippen LogP contribution in [0.4, 0.5) is 0 Å². The highest BCUT2D eigenvalue weighted by molar-refractivity contribution is 5.84. The molecule has 0 saturated carbocycles. The summed E-state index contributed by atoms with van der Waals surface area (Å²) in [6.45, 7) is 0. The molecule has 0 saturated heterocycles. The maximum Gasteiger partial charge on any atom is 0.347 e. The van der Waals surface area contributed by atoms with Gasteiger partial charge in [0, 0.05) is 0 Å². The van der Waals surface area contributed by atoms with Gasteiger partial charge in [0.25, 0.3) is 0 Å². The van der Waals surface area contributed by atoms with Crippen molar-refractivity contribution in [3.05, 3.63) is 29.8 Å². The van der Waals surface area contributed by atoms with Crippen molar-refractivity contribution in [3.63, 3.8) is 0 Å². The Labute approximate surface area is 128 Å². The van der Waals surface area contributed by atoms with E-state index in [2.05, 4.69) is 9.47 Å². The lowest BCUT2D eigenvalue weighted by atomic mass is 10.1. The van der Waals surface area contributed by atoms with Gasteiger partial charge in [-0.05, 0) is 17.7 Å². The Morgan fingerprint density at radius 1 is 0.955 bits per heavy atom. The molecule has 22 heavy (non-hydrogen) atoms. The molecule has 0 amide bonds. The van der Waals surface area contributed by atoms with Crippen LogP contribution in [0.15, 0.2) is 24.3 Å². The first kappa shape index (κ1) is 17.5. The number of methoxy groups -OCH3 is 3. The summed E-state index contributed by atoms with van der Waals surface area (Å²) in [7, 11) is 3.86. The molecule has 0 aliphatic carbocycles. The maximum absolute atomic E-state index is 11.9. The maximum atomic E-state index is 11.9. The second-order valence-corrected chi connectivity index (χ2v) is 4.31. The van der Waals surface area contributed by atoms with Gasteiger partial charge < -0.3 is 18.9 Å². The number of hydrogen-bond acceptors (Lipinski definition) is 7. The number of hydrogen-bond donors (Lipinski definition) is 0. The van der Waals surface area contributed by atoms with Crippen molar-refractivity contribution in [2.45, 2.75) is 18.9 Å². The molecular weight excluding hydrogens is 292 g/mol. The molecule has 120 valence electrons. The van der Waals surface area contributed by atoms with Gasteiger partial charge in [0.15, 0.2) is 0 Å². The molecule has 0 radical (unpaired) electrons. The molecule has 0 spiro atoms. The van der Waals surface area contributed by atoms with Gasteiger partial charge >= 0.3 is 17.9 Å². The van der Waals surface area contributed by atoms with Crippen LogP contribution in [0, 0.1) is 0 Å². The standard InChI is InChI=1S/C15H18O7/c1-19-11-6-4-10(5-7-11)8-14(17)22-12(15(18)21-3)9-13(16)20-2/h4-7,12H,8-9H2,1-3H3/t12-/m0/s1. The van der Waals surface area contributed by atoms with Crippen molar-refractivity contribution in [1.29, 1.82) is 0 Å². The van der Waals surface area contributed by atoms with Crippen LogP contribution in [0.3, 0.4) is 0 Å². The van der Waals surface area contributed by atoms with Gasteiger partial charge in [-0.2, -0.15) is 0 Å². The Bertz CT molecular complexity index is 521. The molecule has 0 N–H and O–H groups in total. The van der Waals surface area contributed by atoms with Crippen LogP contribution < -0.4 is 4.74 Å². The van der Waals surface area contributed by atoms with E-state index in [1.54, 1.807) is 24.3 Å². The van der Waals surface area contributed by atoms with Gasteiger partial charge in [0.2, 0.25) is 6.10 Å². The molecule has 0 unspecified atom stereocenters. The fourth-order valence-electron chi connectivity index (χ4n) is 1.65. The number of benzene rings is 1. The smallest absolute Gasteiger partial charge is 0.347 e. The third-order valence-electron chi connectivity index (χ3n) is 2.83. The van der Waals surface area contributed by atoms with E-state index in [0.29, 0.717) is 11.3 Å². The number of ether oxygens (including phenoxy) is 4. The molecule has 0 fully saturated rings. The summed E-state index contributed by atoms with van der Waals surface area (Å²) in [4.78, 5) is 34.6. The summed E-state index contributed by atoms with van der Waals surface area (Å²) >= 11 is 0. The average molecular weight is 310 g/mol. The van der Waals surface area contributed by atoms with Crippen LogP contribution in [-0.2, 0) is 35.0 Å². The van der Waals surface area contributed by atoms with E-state index in [1.165, 1.54) is 14.2 Å². The van der Waals surface area contributed by atoms with Crippen LogP contribution >= 0.6 is 0 Å². The lowest BCUT2D eigenvalue weighted by molar-refractivity contribution is -0.169. The Balaban J connectivity index is 2.65. The number of esters is 3. The zero-order valence-corrected chi connectivity index (χ0v) is 12.7. The monoisotopic (exact) mass is 310 g/mol. The minimum atomic E-state index is -1.32. The van der Waals surface area contributed by atoms with Gasteiger partial charge in [-0.15, -0.1) is 0 Å². The Hall–Kier alpha value is -2.57. The van der Waals surface area contributed by atoms with Crippen LogP contribution in [0.25, 0.3) is 0 Å². The molecule has 1 aromatic rings. The molecule has 0 aliphatic rings. The molecule has 1 rings (SSSR count). The molecular formula is C15H18O7. The SMILES string of the molecule is COC(=O)C[C@H](OC(=O)Cc1ccc(OC)cc1)C(=O)OC. The average Bonchev–Trinajstić information content (AvgIpc) is 2.53. The second-order valence-electron chi connectivity index (χ2n) is 4.31.